The fourth-order valence-electron chi connectivity index (χ4n) is 2.81. The Hall–Kier alpha value is -2.69. The molecule has 2 heterocycles. The number of aryl methyl sites for hydroxylation is 1. The van der Waals surface area contributed by atoms with E-state index >= 15 is 0 Å². The average molecular weight is 323 g/mol. The number of rotatable bonds is 5. The number of nitrogens with zero attached hydrogens (tertiary/aromatic N) is 2. The van der Waals surface area contributed by atoms with Gasteiger partial charge in [-0.15, -0.1) is 0 Å². The van der Waals surface area contributed by atoms with Gasteiger partial charge in [0, 0.05) is 18.7 Å². The molecule has 0 aliphatic carbocycles. The number of hydrogen-bond donors (Lipinski definition) is 1. The Kier molecular flexibility index (Phi) is 4.60. The second-order valence-corrected chi connectivity index (χ2v) is 6.32. The van der Waals surface area contributed by atoms with Crippen LogP contribution in [0.5, 0.6) is 0 Å². The molecule has 3 rings (SSSR count). The minimum atomic E-state index is -0.133. The van der Waals surface area contributed by atoms with E-state index in [2.05, 4.69) is 41.4 Å². The average Bonchev–Trinajstić information content (AvgIpc) is 2.96. The van der Waals surface area contributed by atoms with Crippen LogP contribution in [-0.2, 0) is 0 Å². The molecule has 0 unspecified atom stereocenters. The van der Waals surface area contributed by atoms with Crippen LogP contribution >= 0.6 is 0 Å². The lowest BCUT2D eigenvalue weighted by molar-refractivity contribution is 0.0949. The molecule has 1 N–H and O–H groups in total. The van der Waals surface area contributed by atoms with Gasteiger partial charge < -0.3 is 9.84 Å². The van der Waals surface area contributed by atoms with Gasteiger partial charge in [0.05, 0.1) is 16.6 Å². The molecule has 0 radical (unpaired) electrons. The molecule has 0 spiro atoms. The van der Waals surface area contributed by atoms with Crippen LogP contribution < -0.4 is 5.32 Å². The molecule has 5 nitrogen and oxygen atoms in total. The predicted octanol–water partition coefficient (Wildman–Crippen LogP) is 3.70. The van der Waals surface area contributed by atoms with Gasteiger partial charge in [0.15, 0.2) is 0 Å². The third-order valence-corrected chi connectivity index (χ3v) is 4.29. The third kappa shape index (κ3) is 3.30. The number of nitrogens with one attached hydrogen (secondary N) is 1. The van der Waals surface area contributed by atoms with E-state index < -0.39 is 0 Å². The maximum Gasteiger partial charge on any atom is 0.257 e. The van der Waals surface area contributed by atoms with Crippen LogP contribution in [-0.4, -0.2) is 22.6 Å². The molecule has 0 saturated carbocycles. The van der Waals surface area contributed by atoms with E-state index in [1.165, 1.54) is 11.8 Å². The zero-order valence-corrected chi connectivity index (χ0v) is 14.1. The van der Waals surface area contributed by atoms with Gasteiger partial charge >= 0.3 is 0 Å². The summed E-state index contributed by atoms with van der Waals surface area (Å²) < 4.78 is 5.08. The molecular formula is C19H21N3O2. The normalized spacial score (nSPS) is 12.5. The maximum atomic E-state index is 12.5. The van der Waals surface area contributed by atoms with Crippen molar-refractivity contribution in [2.45, 2.75) is 26.7 Å². The van der Waals surface area contributed by atoms with Crippen molar-refractivity contribution in [3.8, 4) is 0 Å². The summed E-state index contributed by atoms with van der Waals surface area (Å²) in [4.78, 5) is 16.6. The number of carbonyl (C=O) groups is 1. The molecule has 24 heavy (non-hydrogen) atoms. The van der Waals surface area contributed by atoms with Gasteiger partial charge in [0.1, 0.15) is 0 Å². The first-order chi connectivity index (χ1) is 11.6. The lowest BCUT2D eigenvalue weighted by Crippen LogP contribution is -2.30. The highest BCUT2D eigenvalue weighted by molar-refractivity contribution is 5.96. The largest absolute Gasteiger partial charge is 0.351 e. The second-order valence-electron chi connectivity index (χ2n) is 6.32. The minimum absolute atomic E-state index is 0.133. The van der Waals surface area contributed by atoms with Crippen molar-refractivity contribution in [2.24, 2.45) is 5.92 Å². The van der Waals surface area contributed by atoms with Gasteiger partial charge in [-0.3, -0.25) is 4.79 Å². The fraction of sp³-hybridized carbons (Fsp3) is 0.316. The Morgan fingerprint density at radius 3 is 2.71 bits per heavy atom. The van der Waals surface area contributed by atoms with Crippen LogP contribution in [0.4, 0.5) is 0 Å². The van der Waals surface area contributed by atoms with Crippen molar-refractivity contribution in [3.05, 3.63) is 59.4 Å². The van der Waals surface area contributed by atoms with Crippen molar-refractivity contribution < 1.29 is 9.32 Å². The highest BCUT2D eigenvalue weighted by atomic mass is 16.5. The van der Waals surface area contributed by atoms with Gasteiger partial charge in [-0.1, -0.05) is 49.3 Å². The monoisotopic (exact) mass is 323 g/mol. The molecule has 124 valence electrons. The van der Waals surface area contributed by atoms with Crippen molar-refractivity contribution in [1.82, 2.24) is 15.5 Å². The first-order valence-corrected chi connectivity index (χ1v) is 8.11. The van der Waals surface area contributed by atoms with Gasteiger partial charge in [-0.05, 0) is 24.5 Å². The Morgan fingerprint density at radius 2 is 2.00 bits per heavy atom. The van der Waals surface area contributed by atoms with E-state index in [9.17, 15) is 4.79 Å². The lowest BCUT2D eigenvalue weighted by atomic mass is 9.88. The Labute approximate surface area is 141 Å². The Balaban J connectivity index is 1.74. The van der Waals surface area contributed by atoms with Crippen LogP contribution in [0.2, 0.25) is 0 Å². The van der Waals surface area contributed by atoms with Crippen LogP contribution in [0.1, 0.15) is 41.4 Å². The summed E-state index contributed by atoms with van der Waals surface area (Å²) in [5.74, 6) is 0.560. The third-order valence-electron chi connectivity index (χ3n) is 4.29. The van der Waals surface area contributed by atoms with Gasteiger partial charge in [-0.25, -0.2) is 4.98 Å². The first kappa shape index (κ1) is 16.2. The lowest BCUT2D eigenvalue weighted by Gasteiger charge is -2.21. The number of benzene rings is 1. The standard InChI is InChI=1S/C19H21N3O2/c1-12(2)17(14-7-5-4-6-8-14)11-20-18(23)15-9-16-13(3)22-24-19(16)21-10-15/h4-10,12,17H,11H2,1-3H3,(H,20,23)/t17-/m1/s1. The predicted molar refractivity (Wildman–Crippen MR) is 92.9 cm³/mol. The highest BCUT2D eigenvalue weighted by Gasteiger charge is 2.18. The van der Waals surface area contributed by atoms with Crippen molar-refractivity contribution in [1.29, 1.82) is 0 Å². The molecule has 1 aromatic carbocycles. The van der Waals surface area contributed by atoms with Crippen LogP contribution in [0.25, 0.3) is 11.1 Å². The van der Waals surface area contributed by atoms with Crippen molar-refractivity contribution >= 4 is 17.0 Å². The van der Waals surface area contributed by atoms with E-state index in [0.29, 0.717) is 23.7 Å². The zero-order valence-electron chi connectivity index (χ0n) is 14.1. The summed E-state index contributed by atoms with van der Waals surface area (Å²) in [6.07, 6.45) is 1.52. The SMILES string of the molecule is Cc1noc2ncc(C(=O)NC[C@@H](c3ccccc3)C(C)C)cc12. The molecule has 1 amide bonds. The Morgan fingerprint density at radius 1 is 1.25 bits per heavy atom. The molecule has 0 fully saturated rings. The van der Waals surface area contributed by atoms with E-state index in [0.717, 1.165) is 11.1 Å². The van der Waals surface area contributed by atoms with E-state index in [1.807, 2.05) is 25.1 Å². The van der Waals surface area contributed by atoms with E-state index in [-0.39, 0.29) is 11.8 Å². The fourth-order valence-corrected chi connectivity index (χ4v) is 2.81. The number of hydrogen-bond acceptors (Lipinski definition) is 4. The molecule has 0 aliphatic rings. The number of aromatic nitrogens is 2. The quantitative estimate of drug-likeness (QED) is 0.777. The Bertz CT molecular complexity index is 840. The molecule has 3 aromatic rings. The number of pyridine rings is 1. The van der Waals surface area contributed by atoms with Gasteiger partial charge in [-0.2, -0.15) is 0 Å². The summed E-state index contributed by atoms with van der Waals surface area (Å²) >= 11 is 0. The molecule has 1 atom stereocenters. The zero-order chi connectivity index (χ0) is 17.1. The van der Waals surface area contributed by atoms with Crippen LogP contribution in [0.3, 0.4) is 0 Å². The molecule has 0 bridgehead atoms. The summed E-state index contributed by atoms with van der Waals surface area (Å²) in [5.41, 5.74) is 2.94. The van der Waals surface area contributed by atoms with Gasteiger partial charge in [0.25, 0.3) is 11.6 Å². The maximum absolute atomic E-state index is 12.5. The van der Waals surface area contributed by atoms with Crippen molar-refractivity contribution in [2.75, 3.05) is 6.54 Å². The summed E-state index contributed by atoms with van der Waals surface area (Å²) in [6, 6.07) is 12.0. The number of amides is 1. The molecule has 2 aromatic heterocycles. The number of carbonyl (C=O) groups excluding carboxylic acids is 1. The van der Waals surface area contributed by atoms with Gasteiger partial charge in [0.2, 0.25) is 0 Å². The minimum Gasteiger partial charge on any atom is -0.351 e. The number of fused-ring (bicyclic) bond motifs is 1. The highest BCUT2D eigenvalue weighted by Crippen LogP contribution is 2.23. The van der Waals surface area contributed by atoms with E-state index in [4.69, 9.17) is 4.52 Å². The molecule has 0 saturated heterocycles. The smallest absolute Gasteiger partial charge is 0.257 e. The first-order valence-electron chi connectivity index (χ1n) is 8.11. The van der Waals surface area contributed by atoms with E-state index in [1.54, 1.807) is 6.07 Å². The topological polar surface area (TPSA) is 68.0 Å². The second kappa shape index (κ2) is 6.83. The molecular weight excluding hydrogens is 302 g/mol. The molecule has 5 heteroatoms. The summed E-state index contributed by atoms with van der Waals surface area (Å²) in [7, 11) is 0. The van der Waals surface area contributed by atoms with Crippen LogP contribution in [0, 0.1) is 12.8 Å². The molecule has 0 aliphatic heterocycles. The van der Waals surface area contributed by atoms with Crippen LogP contribution in [0.15, 0.2) is 47.1 Å². The summed E-state index contributed by atoms with van der Waals surface area (Å²) in [5, 5.41) is 7.66. The summed E-state index contributed by atoms with van der Waals surface area (Å²) in [6.45, 7) is 6.75. The van der Waals surface area contributed by atoms with Crippen molar-refractivity contribution in [3.63, 3.8) is 0 Å².